The Kier molecular flexibility index (Phi) is 4.49. The molecule has 2 rings (SSSR count). The molecule has 0 unspecified atom stereocenters. The number of nitrogens with zero attached hydrogens (tertiary/aromatic N) is 2. The first-order chi connectivity index (χ1) is 9.99. The van der Waals surface area contributed by atoms with Gasteiger partial charge in [0.25, 0.3) is 0 Å². The number of benzene rings is 2. The molecule has 2 aromatic carbocycles. The lowest BCUT2D eigenvalue weighted by Crippen LogP contribution is -2.18. The first kappa shape index (κ1) is 15.3. The smallest absolute Gasteiger partial charge is 0.162 e. The highest BCUT2D eigenvalue weighted by Crippen LogP contribution is 2.35. The molecule has 0 amide bonds. The number of rotatable bonds is 3. The second-order valence-corrected chi connectivity index (χ2v) is 5.38. The third-order valence-electron chi connectivity index (χ3n) is 3.27. The summed E-state index contributed by atoms with van der Waals surface area (Å²) in [7, 11) is 0. The van der Waals surface area contributed by atoms with Gasteiger partial charge in [-0.25, -0.2) is 4.39 Å². The molecule has 0 aromatic heterocycles. The third-order valence-corrected chi connectivity index (χ3v) is 4.05. The maximum absolute atomic E-state index is 14.5. The van der Waals surface area contributed by atoms with Crippen LogP contribution in [0.5, 0.6) is 5.75 Å². The molecule has 1 N–H and O–H groups in total. The molecular formula is C16H14BrFN2O. The van der Waals surface area contributed by atoms with Gasteiger partial charge in [0, 0.05) is 18.3 Å². The van der Waals surface area contributed by atoms with Crippen molar-refractivity contribution in [2.45, 2.75) is 13.8 Å². The van der Waals surface area contributed by atoms with E-state index in [1.807, 2.05) is 19.9 Å². The minimum Gasteiger partial charge on any atom is -0.508 e. The number of phenolic OH excluding ortho intramolecular Hbond substituents is 1. The van der Waals surface area contributed by atoms with Gasteiger partial charge in [-0.15, -0.1) is 0 Å². The molecule has 0 fully saturated rings. The highest BCUT2D eigenvalue weighted by Gasteiger charge is 2.18. The van der Waals surface area contributed by atoms with Crippen molar-refractivity contribution in [1.29, 1.82) is 5.26 Å². The zero-order valence-corrected chi connectivity index (χ0v) is 13.3. The summed E-state index contributed by atoms with van der Waals surface area (Å²) in [6, 6.07) is 10.1. The highest BCUT2D eigenvalue weighted by molar-refractivity contribution is 9.10. The normalized spacial score (nSPS) is 10.2. The van der Waals surface area contributed by atoms with Gasteiger partial charge >= 0.3 is 0 Å². The van der Waals surface area contributed by atoms with E-state index in [0.29, 0.717) is 12.2 Å². The third kappa shape index (κ3) is 2.86. The van der Waals surface area contributed by atoms with Gasteiger partial charge < -0.3 is 10.0 Å². The van der Waals surface area contributed by atoms with Crippen molar-refractivity contribution in [3.05, 3.63) is 51.7 Å². The van der Waals surface area contributed by atoms with Crippen LogP contribution in [0.1, 0.15) is 18.1 Å². The van der Waals surface area contributed by atoms with Crippen LogP contribution in [-0.2, 0) is 0 Å². The molecule has 108 valence electrons. The van der Waals surface area contributed by atoms with Gasteiger partial charge in [0.2, 0.25) is 0 Å². The molecule has 0 aliphatic rings. The second-order valence-electron chi connectivity index (χ2n) is 4.59. The number of aromatic hydroxyl groups is 1. The lowest BCUT2D eigenvalue weighted by atomic mass is 10.1. The number of anilines is 2. The van der Waals surface area contributed by atoms with Crippen LogP contribution in [0, 0.1) is 24.1 Å². The fraction of sp³-hybridized carbons (Fsp3) is 0.188. The molecule has 0 aliphatic heterocycles. The van der Waals surface area contributed by atoms with Crippen molar-refractivity contribution in [2.75, 3.05) is 11.4 Å². The predicted molar refractivity (Wildman–Crippen MR) is 84.3 cm³/mol. The first-order valence-corrected chi connectivity index (χ1v) is 7.24. The van der Waals surface area contributed by atoms with Crippen molar-refractivity contribution < 1.29 is 9.50 Å². The van der Waals surface area contributed by atoms with Gasteiger partial charge in [-0.2, -0.15) is 5.26 Å². The average Bonchev–Trinajstić information content (AvgIpc) is 2.48. The van der Waals surface area contributed by atoms with Crippen molar-refractivity contribution in [3.63, 3.8) is 0 Å². The summed E-state index contributed by atoms with van der Waals surface area (Å²) in [5, 5.41) is 18.6. The standard InChI is InChI=1S/C16H14BrFN2O/c1-3-20(14-8-12(21)6-4-10(14)2)13-7-5-11(9-19)15(17)16(13)18/h4-8,21H,3H2,1-2H3. The van der Waals surface area contributed by atoms with E-state index in [9.17, 15) is 9.50 Å². The number of hydrogen-bond acceptors (Lipinski definition) is 3. The van der Waals surface area contributed by atoms with E-state index >= 15 is 0 Å². The molecule has 0 saturated heterocycles. The Balaban J connectivity index is 2.60. The zero-order chi connectivity index (χ0) is 15.6. The Bertz CT molecular complexity index is 725. The number of halogens is 2. The average molecular weight is 349 g/mol. The molecular weight excluding hydrogens is 335 g/mol. The Morgan fingerprint density at radius 1 is 1.29 bits per heavy atom. The molecule has 0 spiro atoms. The molecule has 0 bridgehead atoms. The summed E-state index contributed by atoms with van der Waals surface area (Å²) in [5.41, 5.74) is 2.26. The van der Waals surface area contributed by atoms with Crippen LogP contribution < -0.4 is 4.90 Å². The van der Waals surface area contributed by atoms with E-state index < -0.39 is 5.82 Å². The quantitative estimate of drug-likeness (QED) is 0.879. The van der Waals surface area contributed by atoms with E-state index in [2.05, 4.69) is 15.9 Å². The van der Waals surface area contributed by atoms with E-state index in [0.717, 1.165) is 11.3 Å². The number of hydrogen-bond donors (Lipinski definition) is 1. The second kappa shape index (κ2) is 6.15. The summed E-state index contributed by atoms with van der Waals surface area (Å²) in [6.45, 7) is 4.32. The molecule has 0 atom stereocenters. The van der Waals surface area contributed by atoms with Crippen molar-refractivity contribution in [2.24, 2.45) is 0 Å². The van der Waals surface area contributed by atoms with Crippen LogP contribution in [0.25, 0.3) is 0 Å². The maximum atomic E-state index is 14.5. The Labute approximate surface area is 131 Å². The molecule has 0 radical (unpaired) electrons. The van der Waals surface area contributed by atoms with Gasteiger partial charge in [-0.05, 0) is 53.5 Å². The van der Waals surface area contributed by atoms with Crippen LogP contribution >= 0.6 is 15.9 Å². The van der Waals surface area contributed by atoms with Crippen LogP contribution in [0.4, 0.5) is 15.8 Å². The molecule has 0 saturated carbocycles. The fourth-order valence-electron chi connectivity index (χ4n) is 2.19. The molecule has 0 heterocycles. The number of nitriles is 1. The monoisotopic (exact) mass is 348 g/mol. The Hall–Kier alpha value is -2.06. The van der Waals surface area contributed by atoms with E-state index in [4.69, 9.17) is 5.26 Å². The summed E-state index contributed by atoms with van der Waals surface area (Å²) in [4.78, 5) is 1.76. The summed E-state index contributed by atoms with van der Waals surface area (Å²) >= 11 is 3.12. The minimum absolute atomic E-state index is 0.127. The van der Waals surface area contributed by atoms with Crippen LogP contribution in [0.2, 0.25) is 0 Å². The largest absolute Gasteiger partial charge is 0.508 e. The number of aryl methyl sites for hydroxylation is 1. The van der Waals surface area contributed by atoms with Crippen molar-refractivity contribution >= 4 is 27.3 Å². The van der Waals surface area contributed by atoms with E-state index in [1.165, 1.54) is 0 Å². The van der Waals surface area contributed by atoms with E-state index in [-0.39, 0.29) is 15.8 Å². The van der Waals surface area contributed by atoms with Crippen LogP contribution in [-0.4, -0.2) is 11.7 Å². The Morgan fingerprint density at radius 2 is 2.00 bits per heavy atom. The summed E-state index contributed by atoms with van der Waals surface area (Å²) in [6.07, 6.45) is 0. The molecule has 5 heteroatoms. The zero-order valence-electron chi connectivity index (χ0n) is 11.7. The highest BCUT2D eigenvalue weighted by atomic mass is 79.9. The summed E-state index contributed by atoms with van der Waals surface area (Å²) < 4.78 is 14.7. The molecule has 2 aromatic rings. The summed E-state index contributed by atoms with van der Waals surface area (Å²) in [5.74, 6) is -0.360. The van der Waals surface area contributed by atoms with Gasteiger partial charge in [0.05, 0.1) is 15.7 Å². The molecule has 21 heavy (non-hydrogen) atoms. The minimum atomic E-state index is -0.487. The van der Waals surface area contributed by atoms with Crippen LogP contribution in [0.3, 0.4) is 0 Å². The van der Waals surface area contributed by atoms with Gasteiger partial charge in [0.15, 0.2) is 5.82 Å². The SMILES string of the molecule is CCN(c1cc(O)ccc1C)c1ccc(C#N)c(Br)c1F. The predicted octanol–water partition coefficient (Wildman–Crippen LogP) is 4.63. The van der Waals surface area contributed by atoms with Crippen molar-refractivity contribution in [1.82, 2.24) is 0 Å². The molecule has 3 nitrogen and oxygen atoms in total. The van der Waals surface area contributed by atoms with Crippen molar-refractivity contribution in [3.8, 4) is 11.8 Å². The Morgan fingerprint density at radius 3 is 2.62 bits per heavy atom. The topological polar surface area (TPSA) is 47.3 Å². The fourth-order valence-corrected chi connectivity index (χ4v) is 2.62. The lowest BCUT2D eigenvalue weighted by molar-refractivity contribution is 0.475. The van der Waals surface area contributed by atoms with E-state index in [1.54, 1.807) is 35.2 Å². The molecule has 0 aliphatic carbocycles. The van der Waals surface area contributed by atoms with Gasteiger partial charge in [-0.3, -0.25) is 0 Å². The lowest BCUT2D eigenvalue weighted by Gasteiger charge is -2.26. The number of phenols is 1. The van der Waals surface area contributed by atoms with Gasteiger partial charge in [-0.1, -0.05) is 6.07 Å². The first-order valence-electron chi connectivity index (χ1n) is 6.44. The van der Waals surface area contributed by atoms with Crippen LogP contribution in [0.15, 0.2) is 34.8 Å². The van der Waals surface area contributed by atoms with Gasteiger partial charge in [0.1, 0.15) is 11.8 Å². The maximum Gasteiger partial charge on any atom is 0.162 e.